The van der Waals surface area contributed by atoms with Gasteiger partial charge in [-0.25, -0.2) is 5.43 Å². The molecular formula is C21H25N3O4. The minimum Gasteiger partial charge on any atom is -0.477 e. The van der Waals surface area contributed by atoms with Gasteiger partial charge in [0.05, 0.1) is 10.6 Å². The number of nitro groups is 1. The van der Waals surface area contributed by atoms with Crippen molar-refractivity contribution in [2.24, 2.45) is 5.10 Å². The lowest BCUT2D eigenvalue weighted by molar-refractivity contribution is -0.385. The van der Waals surface area contributed by atoms with E-state index >= 15 is 0 Å². The van der Waals surface area contributed by atoms with Gasteiger partial charge in [0.2, 0.25) is 0 Å². The SMILES string of the molecule is C/C(=N/NC(=O)COc1ccc(C)cc1[N+](=O)[O-])c1ccc(C(C)(C)C)cc1. The van der Waals surface area contributed by atoms with E-state index in [1.807, 2.05) is 24.3 Å². The van der Waals surface area contributed by atoms with Crippen molar-refractivity contribution in [1.82, 2.24) is 5.43 Å². The third kappa shape index (κ3) is 5.64. The zero-order valence-corrected chi connectivity index (χ0v) is 16.8. The molecule has 0 bridgehead atoms. The first kappa shape index (κ1) is 21.1. The van der Waals surface area contributed by atoms with Crippen molar-refractivity contribution in [1.29, 1.82) is 0 Å². The molecule has 0 spiro atoms. The zero-order valence-electron chi connectivity index (χ0n) is 16.8. The Morgan fingerprint density at radius 3 is 2.39 bits per heavy atom. The van der Waals surface area contributed by atoms with Crippen LogP contribution >= 0.6 is 0 Å². The molecule has 0 radical (unpaired) electrons. The molecule has 0 saturated carbocycles. The number of rotatable bonds is 6. The van der Waals surface area contributed by atoms with E-state index in [1.165, 1.54) is 17.7 Å². The molecule has 0 aliphatic rings. The Bertz CT molecular complexity index is 897. The second-order valence-corrected chi connectivity index (χ2v) is 7.58. The van der Waals surface area contributed by atoms with E-state index in [1.54, 1.807) is 19.9 Å². The molecule has 0 aliphatic carbocycles. The van der Waals surface area contributed by atoms with Crippen LogP contribution in [0.1, 0.15) is 44.4 Å². The number of benzene rings is 2. The molecular weight excluding hydrogens is 358 g/mol. The summed E-state index contributed by atoms with van der Waals surface area (Å²) in [7, 11) is 0. The maximum atomic E-state index is 12.0. The molecule has 2 rings (SSSR count). The summed E-state index contributed by atoms with van der Waals surface area (Å²) in [6.45, 7) is 9.58. The number of ether oxygens (including phenoxy) is 1. The van der Waals surface area contributed by atoms with Gasteiger partial charge in [0.15, 0.2) is 12.4 Å². The predicted octanol–water partition coefficient (Wildman–Crippen LogP) is 4.12. The van der Waals surface area contributed by atoms with Gasteiger partial charge in [-0.2, -0.15) is 5.10 Å². The maximum Gasteiger partial charge on any atom is 0.311 e. The molecule has 7 nitrogen and oxygen atoms in total. The molecule has 0 aliphatic heterocycles. The number of hydrogen-bond donors (Lipinski definition) is 1. The van der Waals surface area contributed by atoms with Crippen molar-refractivity contribution in [3.05, 3.63) is 69.3 Å². The van der Waals surface area contributed by atoms with Crippen LogP contribution in [-0.2, 0) is 10.2 Å². The van der Waals surface area contributed by atoms with E-state index < -0.39 is 10.8 Å². The molecule has 148 valence electrons. The first-order chi connectivity index (χ1) is 13.1. The standard InChI is InChI=1S/C21H25N3O4/c1-14-6-11-19(18(12-14)24(26)27)28-13-20(25)23-22-15(2)16-7-9-17(10-8-16)21(3,4)5/h6-12H,13H2,1-5H3,(H,23,25)/b22-15-. The van der Waals surface area contributed by atoms with Crippen molar-refractivity contribution in [2.75, 3.05) is 6.61 Å². The summed E-state index contributed by atoms with van der Waals surface area (Å²) in [5.74, 6) is -0.454. The summed E-state index contributed by atoms with van der Waals surface area (Å²) in [4.78, 5) is 22.5. The van der Waals surface area contributed by atoms with Crippen molar-refractivity contribution in [3.63, 3.8) is 0 Å². The zero-order chi connectivity index (χ0) is 20.9. The Labute approximate surface area is 164 Å². The van der Waals surface area contributed by atoms with Crippen LogP contribution in [-0.4, -0.2) is 23.1 Å². The van der Waals surface area contributed by atoms with Gasteiger partial charge < -0.3 is 4.74 Å². The van der Waals surface area contributed by atoms with Crippen molar-refractivity contribution >= 4 is 17.3 Å². The fraction of sp³-hybridized carbons (Fsp3) is 0.333. The highest BCUT2D eigenvalue weighted by molar-refractivity contribution is 5.99. The predicted molar refractivity (Wildman–Crippen MR) is 109 cm³/mol. The molecule has 0 unspecified atom stereocenters. The highest BCUT2D eigenvalue weighted by Gasteiger charge is 2.16. The Morgan fingerprint density at radius 1 is 1.18 bits per heavy atom. The van der Waals surface area contributed by atoms with Gasteiger partial charge in [-0.3, -0.25) is 14.9 Å². The van der Waals surface area contributed by atoms with Gasteiger partial charge in [-0.05, 0) is 42.0 Å². The molecule has 0 saturated heterocycles. The summed E-state index contributed by atoms with van der Waals surface area (Å²) < 4.78 is 5.28. The topological polar surface area (TPSA) is 93.8 Å². The van der Waals surface area contributed by atoms with Crippen LogP contribution in [0.5, 0.6) is 5.75 Å². The van der Waals surface area contributed by atoms with Gasteiger partial charge in [-0.15, -0.1) is 0 Å². The Morgan fingerprint density at radius 2 is 1.82 bits per heavy atom. The number of carbonyl (C=O) groups excluding carboxylic acids is 1. The van der Waals surface area contributed by atoms with Crippen LogP contribution < -0.4 is 10.2 Å². The third-order valence-corrected chi connectivity index (χ3v) is 4.19. The number of nitrogens with one attached hydrogen (secondary N) is 1. The second-order valence-electron chi connectivity index (χ2n) is 7.58. The first-order valence-corrected chi connectivity index (χ1v) is 8.90. The lowest BCUT2D eigenvalue weighted by Crippen LogP contribution is -2.25. The van der Waals surface area contributed by atoms with Crippen LogP contribution in [0.4, 0.5) is 5.69 Å². The Balaban J connectivity index is 1.97. The summed E-state index contributed by atoms with van der Waals surface area (Å²) >= 11 is 0. The lowest BCUT2D eigenvalue weighted by atomic mass is 9.86. The lowest BCUT2D eigenvalue weighted by Gasteiger charge is -2.19. The van der Waals surface area contributed by atoms with Crippen molar-refractivity contribution < 1.29 is 14.5 Å². The first-order valence-electron chi connectivity index (χ1n) is 8.90. The number of aryl methyl sites for hydroxylation is 1. The average molecular weight is 383 g/mol. The molecule has 0 atom stereocenters. The van der Waals surface area contributed by atoms with Gasteiger partial charge in [0.1, 0.15) is 0 Å². The number of nitrogens with zero attached hydrogens (tertiary/aromatic N) is 2. The minimum absolute atomic E-state index is 0.0456. The molecule has 1 N–H and O–H groups in total. The van der Waals surface area contributed by atoms with Crippen LogP contribution in [0.3, 0.4) is 0 Å². The van der Waals surface area contributed by atoms with Gasteiger partial charge in [0.25, 0.3) is 5.91 Å². The summed E-state index contributed by atoms with van der Waals surface area (Å²) in [6.07, 6.45) is 0. The number of hydrogen-bond acceptors (Lipinski definition) is 5. The molecule has 7 heteroatoms. The highest BCUT2D eigenvalue weighted by atomic mass is 16.6. The van der Waals surface area contributed by atoms with E-state index in [0.29, 0.717) is 5.71 Å². The molecule has 0 heterocycles. The van der Waals surface area contributed by atoms with Crippen LogP contribution in [0.25, 0.3) is 0 Å². The average Bonchev–Trinajstić information content (AvgIpc) is 2.64. The van der Waals surface area contributed by atoms with Crippen LogP contribution in [0.2, 0.25) is 0 Å². The molecule has 2 aromatic carbocycles. The quantitative estimate of drug-likeness (QED) is 0.461. The van der Waals surface area contributed by atoms with E-state index in [2.05, 4.69) is 31.3 Å². The molecule has 0 aromatic heterocycles. The van der Waals surface area contributed by atoms with Gasteiger partial charge in [0, 0.05) is 6.07 Å². The number of amides is 1. The maximum absolute atomic E-state index is 12.0. The fourth-order valence-electron chi connectivity index (χ4n) is 2.49. The number of hydrazone groups is 1. The van der Waals surface area contributed by atoms with Gasteiger partial charge >= 0.3 is 5.69 Å². The second kappa shape index (κ2) is 8.65. The normalized spacial score (nSPS) is 11.8. The Hall–Kier alpha value is -3.22. The van der Waals surface area contributed by atoms with E-state index in [-0.39, 0.29) is 23.5 Å². The third-order valence-electron chi connectivity index (χ3n) is 4.19. The van der Waals surface area contributed by atoms with Crippen LogP contribution in [0.15, 0.2) is 47.6 Å². The van der Waals surface area contributed by atoms with E-state index in [4.69, 9.17) is 4.74 Å². The fourth-order valence-corrected chi connectivity index (χ4v) is 2.49. The number of carbonyl (C=O) groups is 1. The van der Waals surface area contributed by atoms with Crippen molar-refractivity contribution in [2.45, 2.75) is 40.0 Å². The monoisotopic (exact) mass is 383 g/mol. The number of nitro benzene ring substituents is 1. The highest BCUT2D eigenvalue weighted by Crippen LogP contribution is 2.27. The van der Waals surface area contributed by atoms with E-state index in [9.17, 15) is 14.9 Å². The Kier molecular flexibility index (Phi) is 6.51. The summed E-state index contributed by atoms with van der Waals surface area (Å²) in [5, 5.41) is 15.2. The summed E-state index contributed by atoms with van der Waals surface area (Å²) in [6, 6.07) is 12.5. The molecule has 1 amide bonds. The minimum atomic E-state index is -0.538. The van der Waals surface area contributed by atoms with Gasteiger partial charge in [-0.1, -0.05) is 51.1 Å². The van der Waals surface area contributed by atoms with Crippen LogP contribution in [0, 0.1) is 17.0 Å². The van der Waals surface area contributed by atoms with E-state index in [0.717, 1.165) is 11.1 Å². The smallest absolute Gasteiger partial charge is 0.311 e. The molecule has 0 fully saturated rings. The molecule has 28 heavy (non-hydrogen) atoms. The van der Waals surface area contributed by atoms with Crippen molar-refractivity contribution in [3.8, 4) is 5.75 Å². The summed E-state index contributed by atoms with van der Waals surface area (Å²) in [5.41, 5.74) is 5.79. The molecule has 2 aromatic rings. The largest absolute Gasteiger partial charge is 0.477 e.